The van der Waals surface area contributed by atoms with Crippen LogP contribution in [0.25, 0.3) is 10.9 Å². The molecule has 0 radical (unpaired) electrons. The van der Waals surface area contributed by atoms with Crippen LogP contribution in [0.1, 0.15) is 11.4 Å². The van der Waals surface area contributed by atoms with Gasteiger partial charge >= 0.3 is 0 Å². The van der Waals surface area contributed by atoms with Gasteiger partial charge < -0.3 is 9.67 Å². The molecule has 0 aliphatic rings. The first-order valence-electron chi connectivity index (χ1n) is 5.68. The highest BCUT2D eigenvalue weighted by molar-refractivity contribution is 5.80. The molecule has 1 N–H and O–H groups in total. The maximum atomic E-state index is 9.10. The zero-order valence-corrected chi connectivity index (χ0v) is 9.98. The van der Waals surface area contributed by atoms with E-state index in [1.165, 1.54) is 4.80 Å². The van der Waals surface area contributed by atoms with Crippen molar-refractivity contribution in [3.05, 3.63) is 41.9 Å². The van der Waals surface area contributed by atoms with E-state index in [2.05, 4.69) is 20.0 Å². The Balaban J connectivity index is 1.97. The second-order valence-electron chi connectivity index (χ2n) is 4.19. The average Bonchev–Trinajstić information content (AvgIpc) is 2.96. The van der Waals surface area contributed by atoms with Crippen LogP contribution < -0.4 is 0 Å². The van der Waals surface area contributed by atoms with E-state index in [1.54, 1.807) is 7.05 Å². The normalized spacial score (nSPS) is 11.2. The molecule has 6 heteroatoms. The zero-order valence-electron chi connectivity index (χ0n) is 9.98. The van der Waals surface area contributed by atoms with Gasteiger partial charge in [-0.05, 0) is 34.4 Å². The molecule has 0 unspecified atom stereocenters. The number of aryl methyl sites for hydroxylation is 1. The van der Waals surface area contributed by atoms with Crippen LogP contribution in [0.5, 0.6) is 0 Å². The minimum atomic E-state index is 0.0623. The molecule has 6 nitrogen and oxygen atoms in total. The summed E-state index contributed by atoms with van der Waals surface area (Å²) in [6, 6.07) is 7.92. The van der Waals surface area contributed by atoms with Gasteiger partial charge in [-0.15, -0.1) is 10.2 Å². The first-order chi connectivity index (χ1) is 8.76. The number of fused-ring (bicyclic) bond motifs is 1. The quantitative estimate of drug-likeness (QED) is 0.735. The summed E-state index contributed by atoms with van der Waals surface area (Å²) in [5, 5.41) is 22.2. The molecule has 0 saturated heterocycles. The largest absolute Gasteiger partial charge is 0.392 e. The van der Waals surface area contributed by atoms with Crippen molar-refractivity contribution in [2.45, 2.75) is 13.2 Å². The van der Waals surface area contributed by atoms with Crippen LogP contribution in [0.15, 0.2) is 30.5 Å². The fourth-order valence-corrected chi connectivity index (χ4v) is 2.02. The zero-order chi connectivity index (χ0) is 12.5. The van der Waals surface area contributed by atoms with Gasteiger partial charge in [0.1, 0.15) is 0 Å². The fraction of sp³-hybridized carbons (Fsp3) is 0.250. The Morgan fingerprint density at radius 3 is 2.89 bits per heavy atom. The third kappa shape index (κ3) is 1.86. The van der Waals surface area contributed by atoms with Gasteiger partial charge in [0.05, 0.1) is 20.2 Å². The van der Waals surface area contributed by atoms with Crippen molar-refractivity contribution in [3.8, 4) is 0 Å². The van der Waals surface area contributed by atoms with Gasteiger partial charge in [0.15, 0.2) is 5.82 Å². The molecule has 2 heterocycles. The van der Waals surface area contributed by atoms with Gasteiger partial charge in [-0.2, -0.15) is 4.80 Å². The van der Waals surface area contributed by atoms with Crippen LogP contribution in [-0.4, -0.2) is 29.9 Å². The Bertz CT molecular complexity index is 685. The van der Waals surface area contributed by atoms with Crippen molar-refractivity contribution in [1.82, 2.24) is 24.8 Å². The Morgan fingerprint density at radius 1 is 1.28 bits per heavy atom. The minimum Gasteiger partial charge on any atom is -0.392 e. The number of aromatic nitrogens is 5. The molecule has 3 aromatic rings. The van der Waals surface area contributed by atoms with Crippen molar-refractivity contribution >= 4 is 10.9 Å². The number of nitrogens with zero attached hydrogens (tertiary/aromatic N) is 5. The lowest BCUT2D eigenvalue weighted by Crippen LogP contribution is -2.01. The van der Waals surface area contributed by atoms with Crippen molar-refractivity contribution in [3.63, 3.8) is 0 Å². The maximum Gasteiger partial charge on any atom is 0.194 e. The van der Waals surface area contributed by atoms with Gasteiger partial charge in [0.2, 0.25) is 0 Å². The second-order valence-corrected chi connectivity index (χ2v) is 4.19. The molecule has 0 spiro atoms. The molecule has 0 saturated carbocycles. The molecule has 1 aromatic carbocycles. The van der Waals surface area contributed by atoms with Gasteiger partial charge in [-0.1, -0.05) is 6.07 Å². The maximum absolute atomic E-state index is 9.10. The smallest absolute Gasteiger partial charge is 0.194 e. The minimum absolute atomic E-state index is 0.0623. The van der Waals surface area contributed by atoms with Crippen LogP contribution in [0.3, 0.4) is 0 Å². The van der Waals surface area contributed by atoms with E-state index in [1.807, 2.05) is 30.5 Å². The molecule has 0 aliphatic heterocycles. The Hall–Kier alpha value is -2.21. The highest BCUT2D eigenvalue weighted by atomic mass is 16.3. The van der Waals surface area contributed by atoms with E-state index in [-0.39, 0.29) is 6.61 Å². The number of tetrazole rings is 1. The Kier molecular flexibility index (Phi) is 2.56. The van der Waals surface area contributed by atoms with Crippen LogP contribution >= 0.6 is 0 Å². The van der Waals surface area contributed by atoms with Gasteiger partial charge in [0, 0.05) is 11.7 Å². The molecule has 92 valence electrons. The highest BCUT2D eigenvalue weighted by Gasteiger charge is 2.05. The van der Waals surface area contributed by atoms with E-state index < -0.39 is 0 Å². The molecule has 0 aliphatic carbocycles. The lowest BCUT2D eigenvalue weighted by atomic mass is 10.2. The molecular formula is C12H13N5O. The lowest BCUT2D eigenvalue weighted by Gasteiger charge is -2.02. The first-order valence-corrected chi connectivity index (χ1v) is 5.68. The SMILES string of the molecule is Cn1nnc(Cn2ccc3cc(CO)ccc32)n1. The van der Waals surface area contributed by atoms with Crippen LogP contribution in [0.2, 0.25) is 0 Å². The van der Waals surface area contributed by atoms with Crippen molar-refractivity contribution in [2.24, 2.45) is 7.05 Å². The average molecular weight is 243 g/mol. The fourth-order valence-electron chi connectivity index (χ4n) is 2.02. The molecule has 2 aromatic heterocycles. The second kappa shape index (κ2) is 4.23. The summed E-state index contributed by atoms with van der Waals surface area (Å²) in [4.78, 5) is 1.45. The molecule has 0 amide bonds. The lowest BCUT2D eigenvalue weighted by molar-refractivity contribution is 0.282. The van der Waals surface area contributed by atoms with E-state index in [0.29, 0.717) is 12.4 Å². The predicted octanol–water partition coefficient (Wildman–Crippen LogP) is 0.705. The number of hydrogen-bond donors (Lipinski definition) is 1. The summed E-state index contributed by atoms with van der Waals surface area (Å²) < 4.78 is 2.06. The monoisotopic (exact) mass is 243 g/mol. The van der Waals surface area contributed by atoms with E-state index in [9.17, 15) is 0 Å². The van der Waals surface area contributed by atoms with Gasteiger partial charge in [-0.25, -0.2) is 0 Å². The van der Waals surface area contributed by atoms with Crippen LogP contribution in [-0.2, 0) is 20.2 Å². The summed E-state index contributed by atoms with van der Waals surface area (Å²) in [6.07, 6.45) is 1.99. The van der Waals surface area contributed by atoms with E-state index in [0.717, 1.165) is 16.5 Å². The van der Waals surface area contributed by atoms with Crippen molar-refractivity contribution in [1.29, 1.82) is 0 Å². The van der Waals surface area contributed by atoms with Crippen LogP contribution in [0.4, 0.5) is 0 Å². The third-order valence-corrected chi connectivity index (χ3v) is 2.88. The summed E-state index contributed by atoms with van der Waals surface area (Å²) in [5.74, 6) is 0.682. The Labute approximate surface area is 103 Å². The van der Waals surface area contributed by atoms with Crippen molar-refractivity contribution < 1.29 is 5.11 Å². The summed E-state index contributed by atoms with van der Waals surface area (Å²) in [6.45, 7) is 0.655. The predicted molar refractivity (Wildman–Crippen MR) is 65.8 cm³/mol. The summed E-state index contributed by atoms with van der Waals surface area (Å²) in [5.41, 5.74) is 2.01. The summed E-state index contributed by atoms with van der Waals surface area (Å²) in [7, 11) is 1.75. The molecule has 18 heavy (non-hydrogen) atoms. The molecule has 0 bridgehead atoms. The van der Waals surface area contributed by atoms with E-state index >= 15 is 0 Å². The number of rotatable bonds is 3. The molecular weight excluding hydrogens is 230 g/mol. The molecule has 0 fully saturated rings. The molecule has 0 atom stereocenters. The topological polar surface area (TPSA) is 68.8 Å². The Morgan fingerprint density at radius 2 is 2.17 bits per heavy atom. The standard InChI is InChI=1S/C12H13N5O/c1-16-14-12(13-15-16)7-17-5-4-10-6-9(8-18)2-3-11(10)17/h2-6,18H,7-8H2,1H3. The number of aliphatic hydroxyl groups excluding tert-OH is 1. The highest BCUT2D eigenvalue weighted by Crippen LogP contribution is 2.18. The van der Waals surface area contributed by atoms with Crippen molar-refractivity contribution in [2.75, 3.05) is 0 Å². The number of benzene rings is 1. The third-order valence-electron chi connectivity index (χ3n) is 2.88. The molecule has 3 rings (SSSR count). The van der Waals surface area contributed by atoms with Crippen LogP contribution in [0, 0.1) is 0 Å². The summed E-state index contributed by atoms with van der Waals surface area (Å²) >= 11 is 0. The van der Waals surface area contributed by atoms with Gasteiger partial charge in [-0.3, -0.25) is 0 Å². The van der Waals surface area contributed by atoms with Gasteiger partial charge in [0.25, 0.3) is 0 Å². The first kappa shape index (κ1) is 10.9. The number of aliphatic hydroxyl groups is 1. The number of hydrogen-bond acceptors (Lipinski definition) is 4. The van der Waals surface area contributed by atoms with E-state index in [4.69, 9.17) is 5.11 Å².